The maximum Gasteiger partial charge on any atom is 0.328 e. The summed E-state index contributed by atoms with van der Waals surface area (Å²) >= 11 is 0. The molecule has 33 heavy (non-hydrogen) atoms. The third-order valence-corrected chi connectivity index (χ3v) is 5.86. The Bertz CT molecular complexity index is 996. The molecule has 0 saturated heterocycles. The van der Waals surface area contributed by atoms with Crippen LogP contribution in [0.2, 0.25) is 0 Å². The molecule has 0 spiro atoms. The predicted octanol–water partition coefficient (Wildman–Crippen LogP) is 4.62. The van der Waals surface area contributed by atoms with Gasteiger partial charge in [0, 0.05) is 12.3 Å². The first-order valence-corrected chi connectivity index (χ1v) is 10.9. The van der Waals surface area contributed by atoms with Crippen molar-refractivity contribution in [1.29, 1.82) is 5.26 Å². The van der Waals surface area contributed by atoms with Crippen LogP contribution in [0.15, 0.2) is 91.0 Å². The smallest absolute Gasteiger partial charge is 0.328 e. The van der Waals surface area contributed by atoms with E-state index in [9.17, 15) is 14.9 Å². The number of nitriles is 1. The van der Waals surface area contributed by atoms with E-state index in [1.165, 1.54) is 7.11 Å². The molecule has 0 aliphatic heterocycles. The Morgan fingerprint density at radius 1 is 0.879 bits per heavy atom. The largest absolute Gasteiger partial charge is 0.467 e. The Hall–Kier alpha value is -3.91. The number of amides is 1. The molecule has 0 aliphatic rings. The maximum absolute atomic E-state index is 13.5. The van der Waals surface area contributed by atoms with Crippen molar-refractivity contribution in [3.8, 4) is 6.07 Å². The van der Waals surface area contributed by atoms with Crippen LogP contribution in [0.5, 0.6) is 0 Å². The van der Waals surface area contributed by atoms with Gasteiger partial charge in [-0.3, -0.25) is 4.79 Å². The highest BCUT2D eigenvalue weighted by Crippen LogP contribution is 2.42. The number of ether oxygens (including phenoxy) is 1. The van der Waals surface area contributed by atoms with Crippen molar-refractivity contribution < 1.29 is 14.3 Å². The van der Waals surface area contributed by atoms with E-state index in [2.05, 4.69) is 11.4 Å². The number of rotatable bonds is 9. The van der Waals surface area contributed by atoms with Gasteiger partial charge in [0.15, 0.2) is 0 Å². The molecule has 0 heterocycles. The van der Waals surface area contributed by atoms with Crippen molar-refractivity contribution in [3.05, 3.63) is 108 Å². The lowest BCUT2D eigenvalue weighted by Gasteiger charge is -2.36. The number of nitrogens with one attached hydrogen (secondary N) is 1. The van der Waals surface area contributed by atoms with E-state index in [-0.39, 0.29) is 18.7 Å². The number of carbonyl (C=O) groups excluding carboxylic acids is 2. The first kappa shape index (κ1) is 23.7. The van der Waals surface area contributed by atoms with E-state index in [4.69, 9.17) is 4.74 Å². The van der Waals surface area contributed by atoms with Gasteiger partial charge >= 0.3 is 5.97 Å². The summed E-state index contributed by atoms with van der Waals surface area (Å²) in [7, 11) is 1.28. The highest BCUT2D eigenvalue weighted by molar-refractivity contribution is 5.86. The minimum absolute atomic E-state index is 0.0828. The average molecular weight is 441 g/mol. The molecule has 1 N–H and O–H groups in total. The average Bonchev–Trinajstić information content (AvgIpc) is 2.87. The number of methoxy groups -OCH3 is 1. The van der Waals surface area contributed by atoms with E-state index in [0.29, 0.717) is 0 Å². The highest BCUT2D eigenvalue weighted by Gasteiger charge is 2.39. The monoisotopic (exact) mass is 440 g/mol. The van der Waals surface area contributed by atoms with Crippen LogP contribution in [0.3, 0.4) is 0 Å². The maximum atomic E-state index is 13.5. The van der Waals surface area contributed by atoms with Gasteiger partial charge in [0.1, 0.15) is 6.04 Å². The standard InChI is InChI=1S/C28H28N2O3/c1-21(20-29)18-25(27(32)33-2)30-26(31)19-28(22-12-6-3-7-13-22,23-14-8-4-9-15-23)24-16-10-5-11-17-24/h3-17,21,25H,18-19H2,1-2H3,(H,30,31)/t21-,25+/m0/s1. The highest BCUT2D eigenvalue weighted by atomic mass is 16.5. The lowest BCUT2D eigenvalue weighted by atomic mass is 9.67. The van der Waals surface area contributed by atoms with Gasteiger partial charge in [0.2, 0.25) is 5.91 Å². The Morgan fingerprint density at radius 2 is 1.30 bits per heavy atom. The molecule has 0 radical (unpaired) electrons. The lowest BCUT2D eigenvalue weighted by Crippen LogP contribution is -2.45. The van der Waals surface area contributed by atoms with Gasteiger partial charge in [-0.2, -0.15) is 5.26 Å². The first-order valence-electron chi connectivity index (χ1n) is 10.9. The fourth-order valence-corrected chi connectivity index (χ4v) is 4.22. The van der Waals surface area contributed by atoms with Crippen LogP contribution < -0.4 is 5.32 Å². The summed E-state index contributed by atoms with van der Waals surface area (Å²) in [6, 6.07) is 30.9. The second-order valence-electron chi connectivity index (χ2n) is 8.09. The molecule has 5 heteroatoms. The third-order valence-electron chi connectivity index (χ3n) is 5.86. The molecule has 3 aromatic rings. The quantitative estimate of drug-likeness (QED) is 0.389. The number of carbonyl (C=O) groups is 2. The van der Waals surface area contributed by atoms with Crippen LogP contribution in [-0.4, -0.2) is 25.0 Å². The zero-order valence-electron chi connectivity index (χ0n) is 18.9. The third kappa shape index (κ3) is 5.48. The molecule has 0 aromatic heterocycles. The van der Waals surface area contributed by atoms with Gasteiger partial charge in [-0.05, 0) is 30.0 Å². The molecule has 0 unspecified atom stereocenters. The first-order chi connectivity index (χ1) is 16.0. The summed E-state index contributed by atoms with van der Waals surface area (Å²) in [5.74, 6) is -1.26. The summed E-state index contributed by atoms with van der Waals surface area (Å²) in [5, 5.41) is 12.0. The number of hydrogen-bond acceptors (Lipinski definition) is 4. The van der Waals surface area contributed by atoms with Crippen molar-refractivity contribution in [2.24, 2.45) is 5.92 Å². The SMILES string of the molecule is COC(=O)[C@@H](C[C@H](C)C#N)NC(=O)CC(c1ccccc1)(c1ccccc1)c1ccccc1. The van der Waals surface area contributed by atoms with Crippen LogP contribution in [0.4, 0.5) is 0 Å². The van der Waals surface area contributed by atoms with Crippen LogP contribution in [0, 0.1) is 17.2 Å². The minimum atomic E-state index is -0.892. The van der Waals surface area contributed by atoms with E-state index in [1.807, 2.05) is 91.0 Å². The van der Waals surface area contributed by atoms with Gasteiger partial charge in [-0.15, -0.1) is 0 Å². The Labute approximate surface area is 195 Å². The summed E-state index contributed by atoms with van der Waals surface area (Å²) in [6.07, 6.45) is 0.267. The second-order valence-corrected chi connectivity index (χ2v) is 8.09. The van der Waals surface area contributed by atoms with E-state index in [0.717, 1.165) is 16.7 Å². The normalized spacial score (nSPS) is 12.8. The number of esters is 1. The molecule has 168 valence electrons. The molecule has 0 saturated carbocycles. The van der Waals surface area contributed by atoms with Gasteiger partial charge in [-0.1, -0.05) is 91.0 Å². The van der Waals surface area contributed by atoms with Crippen molar-refractivity contribution in [2.75, 3.05) is 7.11 Å². The molecule has 0 aliphatic carbocycles. The predicted molar refractivity (Wildman–Crippen MR) is 127 cm³/mol. The Morgan fingerprint density at radius 3 is 1.67 bits per heavy atom. The molecule has 5 nitrogen and oxygen atoms in total. The summed E-state index contributed by atoms with van der Waals surface area (Å²) in [5.41, 5.74) is 2.14. The van der Waals surface area contributed by atoms with Gasteiger partial charge < -0.3 is 10.1 Å². The molecule has 2 atom stereocenters. The fourth-order valence-electron chi connectivity index (χ4n) is 4.22. The molecular weight excluding hydrogens is 412 g/mol. The van der Waals surface area contributed by atoms with E-state index < -0.39 is 23.3 Å². The Kier molecular flexibility index (Phi) is 7.99. The molecule has 0 fully saturated rings. The summed E-state index contributed by atoms with van der Waals surface area (Å²) < 4.78 is 4.88. The second kappa shape index (κ2) is 11.1. The molecule has 0 bridgehead atoms. The van der Waals surface area contributed by atoms with Crippen molar-refractivity contribution in [2.45, 2.75) is 31.2 Å². The van der Waals surface area contributed by atoms with Gasteiger partial charge in [0.25, 0.3) is 0 Å². The van der Waals surface area contributed by atoms with Crippen LogP contribution in [0.25, 0.3) is 0 Å². The van der Waals surface area contributed by atoms with E-state index >= 15 is 0 Å². The van der Waals surface area contributed by atoms with Crippen molar-refractivity contribution in [1.82, 2.24) is 5.32 Å². The summed E-state index contributed by atoms with van der Waals surface area (Å²) in [4.78, 5) is 25.8. The van der Waals surface area contributed by atoms with Crippen LogP contribution >= 0.6 is 0 Å². The number of hydrogen-bond donors (Lipinski definition) is 1. The molecular formula is C28H28N2O3. The lowest BCUT2D eigenvalue weighted by molar-refractivity contribution is -0.145. The van der Waals surface area contributed by atoms with Gasteiger partial charge in [0.05, 0.1) is 18.6 Å². The number of benzene rings is 3. The van der Waals surface area contributed by atoms with Gasteiger partial charge in [-0.25, -0.2) is 4.79 Å². The minimum Gasteiger partial charge on any atom is -0.467 e. The van der Waals surface area contributed by atoms with E-state index in [1.54, 1.807) is 6.92 Å². The molecule has 3 rings (SSSR count). The zero-order chi connectivity index (χ0) is 23.7. The number of nitrogens with zero attached hydrogens (tertiary/aromatic N) is 1. The topological polar surface area (TPSA) is 79.2 Å². The molecule has 3 aromatic carbocycles. The zero-order valence-corrected chi connectivity index (χ0v) is 18.9. The summed E-state index contributed by atoms with van der Waals surface area (Å²) in [6.45, 7) is 1.71. The molecule has 1 amide bonds. The van der Waals surface area contributed by atoms with Crippen LogP contribution in [0.1, 0.15) is 36.5 Å². The van der Waals surface area contributed by atoms with Crippen molar-refractivity contribution >= 4 is 11.9 Å². The van der Waals surface area contributed by atoms with Crippen LogP contribution in [-0.2, 0) is 19.7 Å². The Balaban J connectivity index is 2.07. The van der Waals surface area contributed by atoms with Crippen molar-refractivity contribution in [3.63, 3.8) is 0 Å². The fraction of sp³-hybridized carbons (Fsp3) is 0.250.